The number of carbonyl (C=O) groups is 1. The second-order valence-corrected chi connectivity index (χ2v) is 9.24. The fraction of sp³-hybridized carbons (Fsp3) is 0.762. The Morgan fingerprint density at radius 3 is 2.79 bits per heavy atom. The molecule has 1 aromatic rings. The first-order valence-electron chi connectivity index (χ1n) is 10.9. The van der Waals surface area contributed by atoms with Gasteiger partial charge in [-0.05, 0) is 63.2 Å². The van der Waals surface area contributed by atoms with Gasteiger partial charge in [-0.2, -0.15) is 4.98 Å². The summed E-state index contributed by atoms with van der Waals surface area (Å²) in [5.74, 6) is 1.90. The van der Waals surface area contributed by atoms with Gasteiger partial charge in [0.2, 0.25) is 11.8 Å². The van der Waals surface area contributed by atoms with Gasteiger partial charge in [0, 0.05) is 18.8 Å². The predicted octanol–water partition coefficient (Wildman–Crippen LogP) is 1.75. The third kappa shape index (κ3) is 3.68. The Bertz CT molecular complexity index is 766. The summed E-state index contributed by atoms with van der Waals surface area (Å²) in [6, 6.07) is 0.297. The van der Waals surface area contributed by atoms with Gasteiger partial charge in [0.15, 0.2) is 0 Å². The molecule has 0 spiro atoms. The molecule has 4 bridgehead atoms. The van der Waals surface area contributed by atoms with E-state index in [0.717, 1.165) is 45.1 Å². The number of rotatable bonds is 6. The van der Waals surface area contributed by atoms with Crippen molar-refractivity contribution in [1.29, 1.82) is 0 Å². The van der Waals surface area contributed by atoms with E-state index in [1.807, 2.05) is 6.92 Å². The first-order chi connectivity index (χ1) is 14.0. The molecule has 4 saturated carbocycles. The van der Waals surface area contributed by atoms with Crippen molar-refractivity contribution in [1.82, 2.24) is 15.3 Å². The molecule has 6 rings (SSSR count). The molecule has 5 fully saturated rings. The van der Waals surface area contributed by atoms with E-state index in [9.17, 15) is 9.90 Å². The van der Waals surface area contributed by atoms with Crippen LogP contribution in [-0.4, -0.2) is 58.5 Å². The number of amides is 1. The van der Waals surface area contributed by atoms with E-state index >= 15 is 0 Å². The molecule has 1 amide bonds. The highest BCUT2D eigenvalue weighted by molar-refractivity contribution is 5.96. The number of anilines is 1. The van der Waals surface area contributed by atoms with E-state index in [0.29, 0.717) is 48.4 Å². The summed E-state index contributed by atoms with van der Waals surface area (Å²) in [6.07, 6.45) is 7.19. The Labute approximate surface area is 170 Å². The molecule has 3 N–H and O–H groups in total. The monoisotopic (exact) mass is 402 g/mol. The number of hydrogen-bond acceptors (Lipinski definition) is 7. The molecule has 158 valence electrons. The number of aromatic nitrogens is 2. The topological polar surface area (TPSA) is 106 Å². The van der Waals surface area contributed by atoms with Crippen molar-refractivity contribution in [2.45, 2.75) is 63.1 Å². The number of ether oxygens (including phenoxy) is 2. The summed E-state index contributed by atoms with van der Waals surface area (Å²) in [5, 5.41) is 17.2. The second kappa shape index (κ2) is 7.40. The van der Waals surface area contributed by atoms with Crippen LogP contribution in [0.25, 0.3) is 0 Å². The third-order valence-electron chi connectivity index (χ3n) is 7.08. The highest BCUT2D eigenvalue weighted by Crippen LogP contribution is 2.55. The standard InChI is InChI=1S/C21H30N4O4/c1-2-29-19-16(10-22-20(25-19)23-15-3-4-28-11-15)18(26)24-17-13-5-12-6-14(17)9-21(27,7-12)8-13/h10,12-15,17,27H,2-9,11H2,1H3,(H,24,26)(H,22,23,25)/t12?,13?,14?,15-,17?,21?/m1/s1. The molecule has 8 heteroatoms. The zero-order chi connectivity index (χ0) is 20.0. The van der Waals surface area contributed by atoms with Crippen LogP contribution in [0.3, 0.4) is 0 Å². The van der Waals surface area contributed by atoms with Gasteiger partial charge in [-0.15, -0.1) is 0 Å². The van der Waals surface area contributed by atoms with Crippen LogP contribution >= 0.6 is 0 Å². The highest BCUT2D eigenvalue weighted by atomic mass is 16.5. The molecule has 1 aromatic heterocycles. The summed E-state index contributed by atoms with van der Waals surface area (Å²) in [5.41, 5.74) is -0.137. The fourth-order valence-corrected chi connectivity index (χ4v) is 6.12. The molecule has 3 atom stereocenters. The third-order valence-corrected chi connectivity index (χ3v) is 7.08. The number of hydrogen-bond donors (Lipinski definition) is 3. The van der Waals surface area contributed by atoms with E-state index in [1.54, 1.807) is 6.20 Å². The molecular formula is C21H30N4O4. The SMILES string of the molecule is CCOc1nc(N[C@@H]2CCOC2)ncc1C(=O)NC1C2CC3CC1CC(O)(C3)C2. The smallest absolute Gasteiger partial charge is 0.258 e. The average Bonchev–Trinajstić information content (AvgIpc) is 3.17. The largest absolute Gasteiger partial charge is 0.477 e. The van der Waals surface area contributed by atoms with Crippen LogP contribution in [0.2, 0.25) is 0 Å². The van der Waals surface area contributed by atoms with Gasteiger partial charge in [-0.1, -0.05) is 0 Å². The molecule has 0 aromatic carbocycles. The molecular weight excluding hydrogens is 372 g/mol. The Hall–Kier alpha value is -1.93. The summed E-state index contributed by atoms with van der Waals surface area (Å²) in [7, 11) is 0. The molecule has 29 heavy (non-hydrogen) atoms. The molecule has 8 nitrogen and oxygen atoms in total. The predicted molar refractivity (Wildman–Crippen MR) is 106 cm³/mol. The highest BCUT2D eigenvalue weighted by Gasteiger charge is 2.55. The lowest BCUT2D eigenvalue weighted by molar-refractivity contribution is -0.136. The van der Waals surface area contributed by atoms with Gasteiger partial charge in [-0.3, -0.25) is 4.79 Å². The summed E-state index contributed by atoms with van der Waals surface area (Å²) < 4.78 is 11.0. The molecule has 1 aliphatic heterocycles. The maximum atomic E-state index is 13.1. The van der Waals surface area contributed by atoms with Crippen LogP contribution in [0, 0.1) is 17.8 Å². The molecule has 1 saturated heterocycles. The first-order valence-corrected chi connectivity index (χ1v) is 10.9. The Balaban J connectivity index is 1.31. The van der Waals surface area contributed by atoms with Crippen LogP contribution in [0.4, 0.5) is 5.95 Å². The van der Waals surface area contributed by atoms with Gasteiger partial charge in [-0.25, -0.2) is 4.98 Å². The van der Waals surface area contributed by atoms with Gasteiger partial charge < -0.3 is 25.2 Å². The Kier molecular flexibility index (Phi) is 4.86. The van der Waals surface area contributed by atoms with Crippen LogP contribution in [0.5, 0.6) is 5.88 Å². The number of carbonyl (C=O) groups excluding carboxylic acids is 1. The van der Waals surface area contributed by atoms with Crippen molar-refractivity contribution >= 4 is 11.9 Å². The summed E-state index contributed by atoms with van der Waals surface area (Å²) in [6.45, 7) is 3.66. The van der Waals surface area contributed by atoms with Crippen molar-refractivity contribution in [2.75, 3.05) is 25.1 Å². The molecule has 4 aliphatic carbocycles. The van der Waals surface area contributed by atoms with Crippen molar-refractivity contribution in [3.8, 4) is 5.88 Å². The lowest BCUT2D eigenvalue weighted by atomic mass is 9.52. The first kappa shape index (κ1) is 19.1. The van der Waals surface area contributed by atoms with Gasteiger partial charge in [0.25, 0.3) is 5.91 Å². The lowest BCUT2D eigenvalue weighted by Gasteiger charge is -2.58. The van der Waals surface area contributed by atoms with Gasteiger partial charge in [0.1, 0.15) is 5.56 Å². The number of nitrogens with zero attached hydrogens (tertiary/aromatic N) is 2. The second-order valence-electron chi connectivity index (χ2n) is 9.24. The van der Waals surface area contributed by atoms with E-state index in [-0.39, 0.29) is 18.0 Å². The van der Waals surface area contributed by atoms with Crippen LogP contribution in [-0.2, 0) is 4.74 Å². The van der Waals surface area contributed by atoms with Gasteiger partial charge in [0.05, 0.1) is 24.9 Å². The zero-order valence-corrected chi connectivity index (χ0v) is 16.9. The Morgan fingerprint density at radius 2 is 2.14 bits per heavy atom. The molecule has 2 unspecified atom stereocenters. The van der Waals surface area contributed by atoms with Crippen molar-refractivity contribution in [2.24, 2.45) is 17.8 Å². The zero-order valence-electron chi connectivity index (χ0n) is 16.9. The molecule has 0 radical (unpaired) electrons. The average molecular weight is 402 g/mol. The van der Waals surface area contributed by atoms with Crippen molar-refractivity contribution in [3.05, 3.63) is 11.8 Å². The molecule has 5 aliphatic rings. The van der Waals surface area contributed by atoms with Crippen LogP contribution in [0.1, 0.15) is 55.8 Å². The minimum Gasteiger partial charge on any atom is -0.477 e. The van der Waals surface area contributed by atoms with Crippen molar-refractivity contribution < 1.29 is 19.4 Å². The van der Waals surface area contributed by atoms with Crippen LogP contribution < -0.4 is 15.4 Å². The Morgan fingerprint density at radius 1 is 1.34 bits per heavy atom. The van der Waals surface area contributed by atoms with E-state index in [1.165, 1.54) is 0 Å². The number of nitrogens with one attached hydrogen (secondary N) is 2. The minimum absolute atomic E-state index is 0.113. The normalized spacial score (nSPS) is 37.5. The maximum Gasteiger partial charge on any atom is 0.258 e. The van der Waals surface area contributed by atoms with Crippen LogP contribution in [0.15, 0.2) is 6.20 Å². The summed E-state index contributed by atoms with van der Waals surface area (Å²) in [4.78, 5) is 21.9. The van der Waals surface area contributed by atoms with E-state index in [4.69, 9.17) is 9.47 Å². The maximum absolute atomic E-state index is 13.1. The fourth-order valence-electron chi connectivity index (χ4n) is 6.12. The quantitative estimate of drug-likeness (QED) is 0.666. The van der Waals surface area contributed by atoms with Gasteiger partial charge >= 0.3 is 0 Å². The van der Waals surface area contributed by atoms with Crippen molar-refractivity contribution in [3.63, 3.8) is 0 Å². The van der Waals surface area contributed by atoms with E-state index < -0.39 is 5.60 Å². The minimum atomic E-state index is -0.505. The molecule has 2 heterocycles. The summed E-state index contributed by atoms with van der Waals surface area (Å²) >= 11 is 0. The van der Waals surface area contributed by atoms with E-state index in [2.05, 4.69) is 20.6 Å². The number of aliphatic hydroxyl groups is 1. The lowest BCUT2D eigenvalue weighted by Crippen LogP contribution is -2.61.